The third-order valence-corrected chi connectivity index (χ3v) is 5.44. The number of aryl methyl sites for hydroxylation is 2. The van der Waals surface area contributed by atoms with Gasteiger partial charge in [-0.3, -0.25) is 9.67 Å². The van der Waals surface area contributed by atoms with Crippen LogP contribution in [0.5, 0.6) is 0 Å². The van der Waals surface area contributed by atoms with E-state index in [1.54, 1.807) is 4.68 Å². The van der Waals surface area contributed by atoms with Gasteiger partial charge in [-0.2, -0.15) is 5.10 Å². The van der Waals surface area contributed by atoms with Gasteiger partial charge in [0.1, 0.15) is 0 Å². The number of hydrogen-bond acceptors (Lipinski definition) is 4. The molecule has 1 aromatic carbocycles. The predicted molar refractivity (Wildman–Crippen MR) is 112 cm³/mol. The fourth-order valence-electron chi connectivity index (χ4n) is 2.97. The molecule has 0 unspecified atom stereocenters. The van der Waals surface area contributed by atoms with Crippen molar-refractivity contribution in [3.63, 3.8) is 0 Å². The van der Waals surface area contributed by atoms with E-state index in [2.05, 4.69) is 50.8 Å². The molecule has 6 heteroatoms. The molecule has 3 rings (SSSR count). The number of hydrogen-bond donors (Lipinski definition) is 0. The van der Waals surface area contributed by atoms with E-state index < -0.39 is 0 Å². The summed E-state index contributed by atoms with van der Waals surface area (Å²) in [6, 6.07) is 6.14. The molecule has 0 aliphatic carbocycles. The lowest BCUT2D eigenvalue weighted by Crippen LogP contribution is -2.41. The summed E-state index contributed by atoms with van der Waals surface area (Å²) in [6.07, 6.45) is 7.74. The Kier molecular flexibility index (Phi) is 5.15. The second-order valence-electron chi connectivity index (χ2n) is 8.04. The van der Waals surface area contributed by atoms with Gasteiger partial charge in [0.15, 0.2) is 0 Å². The van der Waals surface area contributed by atoms with E-state index in [1.807, 2.05) is 50.8 Å². The molecular weight excluding hydrogens is 337 g/mol. The molecule has 0 bridgehead atoms. The maximum absolute atomic E-state index is 6.14. The van der Waals surface area contributed by atoms with E-state index in [0.29, 0.717) is 0 Å². The van der Waals surface area contributed by atoms with Crippen molar-refractivity contribution in [2.45, 2.75) is 52.7 Å². The maximum atomic E-state index is 6.14. The molecule has 2 heterocycles. The fraction of sp³-hybridized carbons (Fsp3) is 0.429. The molecule has 1 aromatic heterocycles. The third kappa shape index (κ3) is 3.92. The Bertz CT molecular complexity index is 881. The van der Waals surface area contributed by atoms with Gasteiger partial charge >= 0.3 is 7.12 Å². The smallest absolute Gasteiger partial charge is 0.399 e. The van der Waals surface area contributed by atoms with Gasteiger partial charge in [-0.25, -0.2) is 0 Å². The molecule has 1 fully saturated rings. The van der Waals surface area contributed by atoms with Gasteiger partial charge < -0.3 is 9.31 Å². The lowest BCUT2D eigenvalue weighted by molar-refractivity contribution is 0.00578. The van der Waals surface area contributed by atoms with Crippen molar-refractivity contribution in [1.82, 2.24) is 9.78 Å². The number of benzene rings is 1. The first-order valence-electron chi connectivity index (χ1n) is 9.28. The summed E-state index contributed by atoms with van der Waals surface area (Å²) in [5.74, 6) is 0. The maximum Gasteiger partial charge on any atom is 0.494 e. The number of aliphatic imine (C=N–C) groups is 1. The zero-order valence-electron chi connectivity index (χ0n) is 17.3. The first kappa shape index (κ1) is 19.6. The highest BCUT2D eigenvalue weighted by atomic mass is 16.7. The molecule has 2 aromatic rings. The normalized spacial score (nSPS) is 19.2. The Hall–Kier alpha value is -2.18. The van der Waals surface area contributed by atoms with Crippen molar-refractivity contribution in [1.29, 1.82) is 0 Å². The van der Waals surface area contributed by atoms with E-state index in [-0.39, 0.29) is 18.3 Å². The number of nitrogens with zero attached hydrogens (tertiary/aromatic N) is 3. The number of allylic oxidation sites excluding steroid dienone is 2. The largest absolute Gasteiger partial charge is 0.494 e. The number of aromatic nitrogens is 2. The predicted octanol–water partition coefficient (Wildman–Crippen LogP) is 3.83. The van der Waals surface area contributed by atoms with Gasteiger partial charge in [0.25, 0.3) is 0 Å². The summed E-state index contributed by atoms with van der Waals surface area (Å²) in [7, 11) is 1.56. The highest BCUT2D eigenvalue weighted by Gasteiger charge is 2.51. The van der Waals surface area contributed by atoms with Crippen LogP contribution in [-0.2, 0) is 16.4 Å². The average Bonchev–Trinajstić information content (AvgIpc) is 3.10. The summed E-state index contributed by atoms with van der Waals surface area (Å²) in [5, 5.41) is 4.22. The van der Waals surface area contributed by atoms with E-state index in [9.17, 15) is 0 Å². The summed E-state index contributed by atoms with van der Waals surface area (Å²) in [5.41, 5.74) is 4.44. The Morgan fingerprint density at radius 2 is 1.85 bits per heavy atom. The molecule has 1 aliphatic rings. The Balaban J connectivity index is 1.80. The van der Waals surface area contributed by atoms with Gasteiger partial charge in [-0.05, 0) is 64.2 Å². The Morgan fingerprint density at radius 3 is 2.37 bits per heavy atom. The van der Waals surface area contributed by atoms with Crippen LogP contribution in [0, 0.1) is 6.92 Å². The average molecular weight is 365 g/mol. The lowest BCUT2D eigenvalue weighted by Gasteiger charge is -2.32. The first-order chi connectivity index (χ1) is 12.6. The van der Waals surface area contributed by atoms with E-state index in [0.717, 1.165) is 27.9 Å². The van der Waals surface area contributed by atoms with Crippen LogP contribution >= 0.6 is 0 Å². The van der Waals surface area contributed by atoms with Gasteiger partial charge in [0.2, 0.25) is 0 Å². The molecule has 0 atom stereocenters. The van der Waals surface area contributed by atoms with Gasteiger partial charge in [0.05, 0.1) is 23.1 Å². The van der Waals surface area contributed by atoms with Gasteiger partial charge in [-0.15, -0.1) is 0 Å². The van der Waals surface area contributed by atoms with Crippen LogP contribution in [0.25, 0.3) is 5.57 Å². The standard InChI is InChI=1S/C21H28BN3O2/c1-8-16(17-13-24-25(7)14-17)12-23-19-10-9-18(11-15(19)2)22-26-20(3,4)21(5,6)27-22/h8-14H,1-7H3. The van der Waals surface area contributed by atoms with Crippen molar-refractivity contribution in [3.8, 4) is 0 Å². The van der Waals surface area contributed by atoms with Gasteiger partial charge in [0, 0.05) is 25.0 Å². The topological polar surface area (TPSA) is 48.6 Å². The molecule has 0 saturated carbocycles. The zero-order chi connectivity index (χ0) is 19.8. The van der Waals surface area contributed by atoms with Crippen LogP contribution in [0.3, 0.4) is 0 Å². The molecule has 27 heavy (non-hydrogen) atoms. The number of rotatable bonds is 4. The minimum Gasteiger partial charge on any atom is -0.399 e. The zero-order valence-corrected chi connectivity index (χ0v) is 17.3. The fourth-order valence-corrected chi connectivity index (χ4v) is 2.97. The van der Waals surface area contributed by atoms with Crippen LogP contribution in [0.1, 0.15) is 45.7 Å². The summed E-state index contributed by atoms with van der Waals surface area (Å²) in [4.78, 5) is 4.68. The van der Waals surface area contributed by atoms with Crippen LogP contribution in [0.2, 0.25) is 0 Å². The van der Waals surface area contributed by atoms with Crippen molar-refractivity contribution >= 4 is 30.1 Å². The second-order valence-corrected chi connectivity index (χ2v) is 8.04. The van der Waals surface area contributed by atoms with Crippen LogP contribution in [0.4, 0.5) is 5.69 Å². The summed E-state index contributed by atoms with van der Waals surface area (Å²) >= 11 is 0. The van der Waals surface area contributed by atoms with Crippen molar-refractivity contribution < 1.29 is 9.31 Å². The quantitative estimate of drug-likeness (QED) is 0.611. The lowest BCUT2D eigenvalue weighted by atomic mass is 9.78. The minimum atomic E-state index is -0.353. The Labute approximate surface area is 162 Å². The molecular formula is C21H28BN3O2. The molecule has 142 valence electrons. The molecule has 5 nitrogen and oxygen atoms in total. The van der Waals surface area contributed by atoms with Crippen LogP contribution < -0.4 is 5.46 Å². The molecule has 0 N–H and O–H groups in total. The third-order valence-electron chi connectivity index (χ3n) is 5.44. The molecule has 0 radical (unpaired) electrons. The summed E-state index contributed by atoms with van der Waals surface area (Å²) in [6.45, 7) is 12.3. The van der Waals surface area contributed by atoms with E-state index in [4.69, 9.17) is 9.31 Å². The summed E-state index contributed by atoms with van der Waals surface area (Å²) < 4.78 is 14.1. The van der Waals surface area contributed by atoms with E-state index in [1.165, 1.54) is 0 Å². The van der Waals surface area contributed by atoms with Crippen molar-refractivity contribution in [2.75, 3.05) is 0 Å². The SMILES string of the molecule is CC=C(C=Nc1ccc(B2OC(C)(C)C(C)(C)O2)cc1C)c1cnn(C)c1. The van der Waals surface area contributed by atoms with Crippen LogP contribution in [-0.4, -0.2) is 34.3 Å². The highest BCUT2D eigenvalue weighted by Crippen LogP contribution is 2.36. The second kappa shape index (κ2) is 7.10. The molecule has 1 saturated heterocycles. The van der Waals surface area contributed by atoms with Crippen LogP contribution in [0.15, 0.2) is 41.7 Å². The molecule has 0 amide bonds. The highest BCUT2D eigenvalue weighted by molar-refractivity contribution is 6.62. The minimum absolute atomic E-state index is 0.340. The van der Waals surface area contributed by atoms with Gasteiger partial charge in [-0.1, -0.05) is 18.2 Å². The van der Waals surface area contributed by atoms with E-state index >= 15 is 0 Å². The first-order valence-corrected chi connectivity index (χ1v) is 9.28. The van der Waals surface area contributed by atoms with Crippen molar-refractivity contribution in [3.05, 3.63) is 47.8 Å². The molecule has 0 spiro atoms. The monoisotopic (exact) mass is 365 g/mol. The van der Waals surface area contributed by atoms with Crippen molar-refractivity contribution in [2.24, 2.45) is 12.0 Å². The Morgan fingerprint density at radius 1 is 1.19 bits per heavy atom. The molecule has 1 aliphatic heterocycles.